The van der Waals surface area contributed by atoms with Crippen molar-refractivity contribution in [2.75, 3.05) is 19.7 Å². The van der Waals surface area contributed by atoms with Gasteiger partial charge in [0.25, 0.3) is 0 Å². The van der Waals surface area contributed by atoms with Gasteiger partial charge in [0, 0.05) is 25.7 Å². The Morgan fingerprint density at radius 2 is 2.31 bits per heavy atom. The van der Waals surface area contributed by atoms with Crippen LogP contribution in [0.4, 0.5) is 0 Å². The maximum atomic E-state index is 12.0. The number of nitrogens with one attached hydrogen (secondary N) is 1. The summed E-state index contributed by atoms with van der Waals surface area (Å²) < 4.78 is 5.57. The first kappa shape index (κ1) is 11.9. The molecule has 0 aromatic rings. The predicted octanol–water partition coefficient (Wildman–Crippen LogP) is 0.764. The van der Waals surface area contributed by atoms with Crippen LogP contribution in [0, 0.1) is 0 Å². The van der Waals surface area contributed by atoms with Crippen molar-refractivity contribution < 1.29 is 9.53 Å². The van der Waals surface area contributed by atoms with Crippen LogP contribution in [0.2, 0.25) is 0 Å². The summed E-state index contributed by atoms with van der Waals surface area (Å²) in [6.07, 6.45) is 3.46. The normalized spacial score (nSPS) is 30.7. The summed E-state index contributed by atoms with van der Waals surface area (Å²) in [5, 5.41) is 3.31. The lowest BCUT2D eigenvalue weighted by Gasteiger charge is -2.21. The highest BCUT2D eigenvalue weighted by Gasteiger charge is 2.33. The SMILES string of the molecule is CC(C)NC1CCN(CC2CCCO2)C1=O. The van der Waals surface area contributed by atoms with E-state index < -0.39 is 0 Å². The summed E-state index contributed by atoms with van der Waals surface area (Å²) in [5.41, 5.74) is 0. The molecule has 0 bridgehead atoms. The first-order valence-electron chi connectivity index (χ1n) is 6.33. The molecule has 4 heteroatoms. The van der Waals surface area contributed by atoms with Crippen LogP contribution in [0.1, 0.15) is 33.1 Å². The fourth-order valence-corrected chi connectivity index (χ4v) is 2.51. The van der Waals surface area contributed by atoms with Gasteiger partial charge in [-0.05, 0) is 19.3 Å². The number of nitrogens with zero attached hydrogens (tertiary/aromatic N) is 1. The number of hydrogen-bond donors (Lipinski definition) is 1. The maximum absolute atomic E-state index is 12.0. The largest absolute Gasteiger partial charge is 0.376 e. The molecule has 4 nitrogen and oxygen atoms in total. The van der Waals surface area contributed by atoms with Crippen molar-refractivity contribution in [2.45, 2.75) is 51.3 Å². The minimum absolute atomic E-state index is 0.0291. The van der Waals surface area contributed by atoms with E-state index in [2.05, 4.69) is 19.2 Å². The van der Waals surface area contributed by atoms with Gasteiger partial charge in [0.2, 0.25) is 5.91 Å². The molecule has 92 valence electrons. The molecule has 0 saturated carbocycles. The third-order valence-corrected chi connectivity index (χ3v) is 3.28. The highest BCUT2D eigenvalue weighted by Crippen LogP contribution is 2.18. The van der Waals surface area contributed by atoms with Gasteiger partial charge in [-0.15, -0.1) is 0 Å². The van der Waals surface area contributed by atoms with E-state index in [9.17, 15) is 4.79 Å². The molecule has 0 aliphatic carbocycles. The minimum Gasteiger partial charge on any atom is -0.376 e. The quantitative estimate of drug-likeness (QED) is 0.769. The standard InChI is InChI=1S/C12H22N2O2/c1-9(2)13-11-5-6-14(12(11)15)8-10-4-3-7-16-10/h9-11,13H,3-8H2,1-2H3. The average Bonchev–Trinajstić information content (AvgIpc) is 2.82. The lowest BCUT2D eigenvalue weighted by Crippen LogP contribution is -2.43. The molecule has 2 rings (SSSR count). The number of hydrogen-bond acceptors (Lipinski definition) is 3. The van der Waals surface area contributed by atoms with E-state index in [1.165, 1.54) is 0 Å². The van der Waals surface area contributed by atoms with Crippen LogP contribution in [0.5, 0.6) is 0 Å². The molecule has 2 unspecified atom stereocenters. The zero-order chi connectivity index (χ0) is 11.5. The third-order valence-electron chi connectivity index (χ3n) is 3.28. The summed E-state index contributed by atoms with van der Waals surface area (Å²) >= 11 is 0. The molecule has 16 heavy (non-hydrogen) atoms. The van der Waals surface area contributed by atoms with Crippen LogP contribution < -0.4 is 5.32 Å². The van der Waals surface area contributed by atoms with Crippen LogP contribution in [0.25, 0.3) is 0 Å². The summed E-state index contributed by atoms with van der Waals surface area (Å²) in [5.74, 6) is 0.254. The Balaban J connectivity index is 1.81. The zero-order valence-corrected chi connectivity index (χ0v) is 10.2. The zero-order valence-electron chi connectivity index (χ0n) is 10.2. The van der Waals surface area contributed by atoms with Gasteiger partial charge in [-0.2, -0.15) is 0 Å². The van der Waals surface area contributed by atoms with Crippen LogP contribution in [-0.4, -0.2) is 48.7 Å². The Hall–Kier alpha value is -0.610. The topological polar surface area (TPSA) is 41.6 Å². The van der Waals surface area contributed by atoms with E-state index in [-0.39, 0.29) is 18.1 Å². The Morgan fingerprint density at radius 3 is 2.94 bits per heavy atom. The molecule has 2 aliphatic heterocycles. The number of amides is 1. The van der Waals surface area contributed by atoms with E-state index >= 15 is 0 Å². The monoisotopic (exact) mass is 226 g/mol. The number of carbonyl (C=O) groups excluding carboxylic acids is 1. The lowest BCUT2D eigenvalue weighted by atomic mass is 10.2. The average molecular weight is 226 g/mol. The number of ether oxygens (including phenoxy) is 1. The third kappa shape index (κ3) is 2.74. The summed E-state index contributed by atoms with van der Waals surface area (Å²) in [6, 6.07) is 0.401. The van der Waals surface area contributed by atoms with Crippen LogP contribution >= 0.6 is 0 Å². The Labute approximate surface area is 97.3 Å². The van der Waals surface area contributed by atoms with Gasteiger partial charge in [0.05, 0.1) is 12.1 Å². The summed E-state index contributed by atoms with van der Waals surface area (Å²) in [6.45, 7) is 6.69. The second kappa shape index (κ2) is 5.15. The van der Waals surface area contributed by atoms with Crippen molar-refractivity contribution in [1.29, 1.82) is 0 Å². The van der Waals surface area contributed by atoms with Crippen molar-refractivity contribution in [3.05, 3.63) is 0 Å². The molecular formula is C12H22N2O2. The molecule has 0 spiro atoms. The predicted molar refractivity (Wildman–Crippen MR) is 62.2 cm³/mol. The first-order valence-corrected chi connectivity index (χ1v) is 6.33. The van der Waals surface area contributed by atoms with E-state index in [4.69, 9.17) is 4.74 Å². The van der Waals surface area contributed by atoms with Crippen LogP contribution in [-0.2, 0) is 9.53 Å². The van der Waals surface area contributed by atoms with E-state index in [1.807, 2.05) is 4.90 Å². The molecule has 2 atom stereocenters. The van der Waals surface area contributed by atoms with Crippen molar-refractivity contribution in [3.8, 4) is 0 Å². The van der Waals surface area contributed by atoms with E-state index in [1.54, 1.807) is 0 Å². The van der Waals surface area contributed by atoms with Crippen molar-refractivity contribution >= 4 is 5.91 Å². The van der Waals surface area contributed by atoms with Crippen molar-refractivity contribution in [1.82, 2.24) is 10.2 Å². The summed E-state index contributed by atoms with van der Waals surface area (Å²) in [7, 11) is 0. The van der Waals surface area contributed by atoms with Gasteiger partial charge >= 0.3 is 0 Å². The fourth-order valence-electron chi connectivity index (χ4n) is 2.51. The molecule has 2 fully saturated rings. The number of rotatable bonds is 4. The van der Waals surface area contributed by atoms with Crippen LogP contribution in [0.3, 0.4) is 0 Å². The molecule has 0 radical (unpaired) electrons. The van der Waals surface area contributed by atoms with E-state index in [0.717, 1.165) is 39.0 Å². The smallest absolute Gasteiger partial charge is 0.239 e. The first-order chi connectivity index (χ1) is 7.66. The second-order valence-electron chi connectivity index (χ2n) is 5.08. The Bertz CT molecular complexity index is 249. The molecule has 2 aliphatic rings. The Morgan fingerprint density at radius 1 is 1.50 bits per heavy atom. The highest BCUT2D eigenvalue weighted by molar-refractivity contribution is 5.84. The lowest BCUT2D eigenvalue weighted by molar-refractivity contribution is -0.130. The van der Waals surface area contributed by atoms with Gasteiger partial charge in [0.15, 0.2) is 0 Å². The molecule has 2 heterocycles. The van der Waals surface area contributed by atoms with Crippen molar-refractivity contribution in [3.63, 3.8) is 0 Å². The van der Waals surface area contributed by atoms with Crippen LogP contribution in [0.15, 0.2) is 0 Å². The van der Waals surface area contributed by atoms with Crippen molar-refractivity contribution in [2.24, 2.45) is 0 Å². The van der Waals surface area contributed by atoms with Gasteiger partial charge in [0.1, 0.15) is 0 Å². The second-order valence-corrected chi connectivity index (χ2v) is 5.08. The number of likely N-dealkylation sites (tertiary alicyclic amines) is 1. The van der Waals surface area contributed by atoms with E-state index in [0.29, 0.717) is 6.04 Å². The maximum Gasteiger partial charge on any atom is 0.239 e. The molecule has 1 N–H and O–H groups in total. The summed E-state index contributed by atoms with van der Waals surface area (Å²) in [4.78, 5) is 14.0. The fraction of sp³-hybridized carbons (Fsp3) is 0.917. The minimum atomic E-state index is 0.0291. The molecule has 0 aromatic heterocycles. The molecule has 0 aromatic carbocycles. The highest BCUT2D eigenvalue weighted by atomic mass is 16.5. The Kier molecular flexibility index (Phi) is 3.82. The van der Waals surface area contributed by atoms with Gasteiger partial charge < -0.3 is 15.0 Å². The van der Waals surface area contributed by atoms with Gasteiger partial charge in [-0.3, -0.25) is 4.79 Å². The molecule has 1 amide bonds. The number of carbonyl (C=O) groups is 1. The molecule has 2 saturated heterocycles. The van der Waals surface area contributed by atoms with Gasteiger partial charge in [-0.25, -0.2) is 0 Å². The molecular weight excluding hydrogens is 204 g/mol. The van der Waals surface area contributed by atoms with Gasteiger partial charge in [-0.1, -0.05) is 13.8 Å².